The van der Waals surface area contributed by atoms with E-state index < -0.39 is 40.9 Å². The van der Waals surface area contributed by atoms with E-state index in [0.717, 1.165) is 11.1 Å². The molecule has 26 heavy (non-hydrogen) atoms. The molecule has 0 spiro atoms. The quantitative estimate of drug-likeness (QED) is 0.484. The third-order valence-electron chi connectivity index (χ3n) is 3.93. The topological polar surface area (TPSA) is 123 Å². The molecule has 1 unspecified atom stereocenters. The van der Waals surface area contributed by atoms with Crippen molar-refractivity contribution >= 4 is 34.7 Å². The van der Waals surface area contributed by atoms with Gasteiger partial charge in [0.05, 0.1) is 27.2 Å². The number of benzene rings is 1. The minimum atomic E-state index is -0.843. The number of aromatic nitrogens is 1. The summed E-state index contributed by atoms with van der Waals surface area (Å²) in [6.45, 7) is 3.06. The zero-order valence-corrected chi connectivity index (χ0v) is 14.7. The zero-order chi connectivity index (χ0) is 19.0. The molecule has 0 saturated heterocycles. The van der Waals surface area contributed by atoms with Crippen molar-refractivity contribution in [2.45, 2.75) is 19.9 Å². The fraction of sp³-hybridized carbons (Fsp3) is 0.250. The summed E-state index contributed by atoms with van der Waals surface area (Å²) < 4.78 is 0. The van der Waals surface area contributed by atoms with Crippen LogP contribution in [0.25, 0.3) is 0 Å². The maximum Gasteiger partial charge on any atom is 0.282 e. The lowest BCUT2D eigenvalue weighted by Gasteiger charge is -2.16. The molecule has 1 aromatic heterocycles. The molecule has 3 rings (SSSR count). The standard InChI is InChI=1S/C16H14N4O5S/c1-8(11-7-26-9(2)18-11)17-13(21)6-19-15(22)10-4-3-5-12(20(24)25)14(10)16(19)23/h3-5,7-8H,6H2,1-2H3,(H,17,21). The highest BCUT2D eigenvalue weighted by Gasteiger charge is 2.41. The number of thiazole rings is 1. The molecule has 0 bridgehead atoms. The molecule has 1 aromatic carbocycles. The van der Waals surface area contributed by atoms with E-state index in [9.17, 15) is 24.5 Å². The van der Waals surface area contributed by atoms with Crippen LogP contribution in [0, 0.1) is 17.0 Å². The first-order valence-corrected chi connectivity index (χ1v) is 8.52. The number of aryl methyl sites for hydroxylation is 1. The Labute approximate surface area is 151 Å². The molecular weight excluding hydrogens is 360 g/mol. The van der Waals surface area contributed by atoms with Gasteiger partial charge >= 0.3 is 0 Å². The summed E-state index contributed by atoms with van der Waals surface area (Å²) in [5.74, 6) is -2.12. The average Bonchev–Trinajstić information content (AvgIpc) is 3.12. The zero-order valence-electron chi connectivity index (χ0n) is 13.9. The second kappa shape index (κ2) is 6.64. The van der Waals surface area contributed by atoms with Crippen molar-refractivity contribution in [2.24, 2.45) is 0 Å². The summed E-state index contributed by atoms with van der Waals surface area (Å²) in [4.78, 5) is 52.4. The van der Waals surface area contributed by atoms with Gasteiger partial charge in [-0.2, -0.15) is 0 Å². The van der Waals surface area contributed by atoms with Crippen molar-refractivity contribution in [3.8, 4) is 0 Å². The lowest BCUT2D eigenvalue weighted by Crippen LogP contribution is -2.41. The van der Waals surface area contributed by atoms with Crippen LogP contribution >= 0.6 is 11.3 Å². The third-order valence-corrected chi connectivity index (χ3v) is 4.73. The number of rotatable bonds is 5. The molecule has 0 saturated carbocycles. The predicted molar refractivity (Wildman–Crippen MR) is 91.9 cm³/mol. The molecule has 0 radical (unpaired) electrons. The highest BCUT2D eigenvalue weighted by atomic mass is 32.1. The van der Waals surface area contributed by atoms with Gasteiger partial charge in [-0.1, -0.05) is 6.07 Å². The van der Waals surface area contributed by atoms with Crippen LogP contribution in [0.4, 0.5) is 5.69 Å². The van der Waals surface area contributed by atoms with Crippen LogP contribution in [0.5, 0.6) is 0 Å². The van der Waals surface area contributed by atoms with Gasteiger partial charge in [0.15, 0.2) is 0 Å². The van der Waals surface area contributed by atoms with Crippen LogP contribution in [0.2, 0.25) is 0 Å². The van der Waals surface area contributed by atoms with E-state index in [-0.39, 0.29) is 11.1 Å². The third kappa shape index (κ3) is 3.06. The van der Waals surface area contributed by atoms with Gasteiger partial charge in [0, 0.05) is 11.4 Å². The fourth-order valence-corrected chi connectivity index (χ4v) is 3.40. The molecule has 2 heterocycles. The fourth-order valence-electron chi connectivity index (χ4n) is 2.70. The largest absolute Gasteiger partial charge is 0.346 e. The molecule has 134 valence electrons. The average molecular weight is 374 g/mol. The molecule has 0 aliphatic carbocycles. The van der Waals surface area contributed by atoms with Gasteiger partial charge in [-0.05, 0) is 19.9 Å². The van der Waals surface area contributed by atoms with Crippen molar-refractivity contribution in [1.82, 2.24) is 15.2 Å². The summed E-state index contributed by atoms with van der Waals surface area (Å²) in [7, 11) is 0. The van der Waals surface area contributed by atoms with E-state index in [0.29, 0.717) is 10.6 Å². The Kier molecular flexibility index (Phi) is 4.51. The number of carbonyl (C=O) groups excluding carboxylic acids is 3. The molecule has 0 fully saturated rings. The molecule has 9 nitrogen and oxygen atoms in total. The van der Waals surface area contributed by atoms with Gasteiger partial charge in [-0.15, -0.1) is 11.3 Å². The number of carbonyl (C=O) groups is 3. The number of hydrogen-bond donors (Lipinski definition) is 1. The van der Waals surface area contributed by atoms with E-state index in [2.05, 4.69) is 10.3 Å². The van der Waals surface area contributed by atoms with Gasteiger partial charge in [-0.3, -0.25) is 29.4 Å². The summed E-state index contributed by atoms with van der Waals surface area (Å²) in [5.41, 5.74) is -0.118. The van der Waals surface area contributed by atoms with Crippen LogP contribution in [0.15, 0.2) is 23.6 Å². The Morgan fingerprint density at radius 1 is 1.38 bits per heavy atom. The van der Waals surface area contributed by atoms with Crippen LogP contribution in [-0.2, 0) is 4.79 Å². The molecule has 1 atom stereocenters. The van der Waals surface area contributed by atoms with E-state index in [4.69, 9.17) is 0 Å². The lowest BCUT2D eigenvalue weighted by molar-refractivity contribution is -0.385. The van der Waals surface area contributed by atoms with Crippen molar-refractivity contribution < 1.29 is 19.3 Å². The Bertz CT molecular complexity index is 938. The minimum absolute atomic E-state index is 0.0693. The molecular formula is C16H14N4O5S. The van der Waals surface area contributed by atoms with Crippen molar-refractivity contribution in [1.29, 1.82) is 0 Å². The van der Waals surface area contributed by atoms with Gasteiger partial charge in [0.2, 0.25) is 5.91 Å². The number of hydrogen-bond acceptors (Lipinski definition) is 7. The number of amides is 3. The van der Waals surface area contributed by atoms with Crippen LogP contribution < -0.4 is 5.32 Å². The van der Waals surface area contributed by atoms with Gasteiger partial charge < -0.3 is 5.32 Å². The summed E-state index contributed by atoms with van der Waals surface area (Å²) in [6, 6.07) is 3.43. The number of nitrogens with one attached hydrogen (secondary N) is 1. The summed E-state index contributed by atoms with van der Waals surface area (Å²) >= 11 is 1.44. The summed E-state index contributed by atoms with van der Waals surface area (Å²) in [6.07, 6.45) is 0. The van der Waals surface area contributed by atoms with Crippen LogP contribution in [-0.4, -0.2) is 39.1 Å². The Balaban J connectivity index is 1.75. The smallest absolute Gasteiger partial charge is 0.282 e. The molecule has 2 aromatic rings. The van der Waals surface area contributed by atoms with Crippen LogP contribution in [0.3, 0.4) is 0 Å². The number of nitrogens with zero attached hydrogens (tertiary/aromatic N) is 3. The number of nitro groups is 1. The summed E-state index contributed by atoms with van der Waals surface area (Å²) in [5, 5.41) is 16.4. The molecule has 3 amide bonds. The second-order valence-electron chi connectivity index (χ2n) is 5.73. The highest BCUT2D eigenvalue weighted by molar-refractivity contribution is 7.09. The van der Waals surface area contributed by atoms with Crippen LogP contribution in [0.1, 0.15) is 44.4 Å². The predicted octanol–water partition coefficient (Wildman–Crippen LogP) is 1.83. The molecule has 1 N–H and O–H groups in total. The first kappa shape index (κ1) is 17.7. The lowest BCUT2D eigenvalue weighted by atomic mass is 10.1. The van der Waals surface area contributed by atoms with E-state index in [1.807, 2.05) is 12.3 Å². The molecule has 1 aliphatic heterocycles. The van der Waals surface area contributed by atoms with Crippen molar-refractivity contribution in [2.75, 3.05) is 6.54 Å². The number of fused-ring (bicyclic) bond motifs is 1. The van der Waals surface area contributed by atoms with E-state index in [1.54, 1.807) is 6.92 Å². The molecule has 1 aliphatic rings. The minimum Gasteiger partial charge on any atom is -0.346 e. The SMILES string of the molecule is Cc1nc(C(C)NC(=O)CN2C(=O)c3cccc([N+](=O)[O-])c3C2=O)cs1. The van der Waals surface area contributed by atoms with Gasteiger partial charge in [0.25, 0.3) is 17.5 Å². The van der Waals surface area contributed by atoms with Gasteiger partial charge in [-0.25, -0.2) is 4.98 Å². The Morgan fingerprint density at radius 3 is 2.73 bits per heavy atom. The first-order valence-electron chi connectivity index (χ1n) is 7.64. The van der Waals surface area contributed by atoms with Crippen molar-refractivity contribution in [3.05, 3.63) is 55.5 Å². The van der Waals surface area contributed by atoms with Crippen molar-refractivity contribution in [3.63, 3.8) is 0 Å². The highest BCUT2D eigenvalue weighted by Crippen LogP contribution is 2.30. The first-order chi connectivity index (χ1) is 12.3. The molecule has 10 heteroatoms. The monoisotopic (exact) mass is 374 g/mol. The number of imide groups is 1. The van der Waals surface area contributed by atoms with E-state index in [1.165, 1.54) is 23.5 Å². The maximum absolute atomic E-state index is 12.4. The number of nitro benzene ring substituents is 1. The van der Waals surface area contributed by atoms with E-state index >= 15 is 0 Å². The second-order valence-corrected chi connectivity index (χ2v) is 6.80. The van der Waals surface area contributed by atoms with Gasteiger partial charge in [0.1, 0.15) is 12.1 Å². The Morgan fingerprint density at radius 2 is 2.12 bits per heavy atom. The Hall–Kier alpha value is -3.14. The normalized spacial score (nSPS) is 14.3. The maximum atomic E-state index is 12.4.